The highest BCUT2D eigenvalue weighted by atomic mass is 35.5. The van der Waals surface area contributed by atoms with Gasteiger partial charge in [0.2, 0.25) is 0 Å². The first-order valence-electron chi connectivity index (χ1n) is 6.05. The van der Waals surface area contributed by atoms with Crippen molar-refractivity contribution in [2.75, 3.05) is 13.1 Å². The summed E-state index contributed by atoms with van der Waals surface area (Å²) in [6.45, 7) is 3.14. The molecule has 4 nitrogen and oxygen atoms in total. The second-order valence-electron chi connectivity index (χ2n) is 4.50. The summed E-state index contributed by atoms with van der Waals surface area (Å²) in [5, 5.41) is 9.06. The largest absolute Gasteiger partial charge is 0.296 e. The predicted octanol–water partition coefficient (Wildman–Crippen LogP) is 2.37. The minimum Gasteiger partial charge on any atom is -0.296 e. The Balaban J connectivity index is 1.89. The van der Waals surface area contributed by atoms with Crippen LogP contribution in [0.2, 0.25) is 5.15 Å². The van der Waals surface area contributed by atoms with Crippen molar-refractivity contribution >= 4 is 17.2 Å². The second kappa shape index (κ2) is 4.63. The summed E-state index contributed by atoms with van der Waals surface area (Å²) in [5.41, 5.74) is 0.824. The lowest BCUT2D eigenvalue weighted by Gasteiger charge is -2.25. The van der Waals surface area contributed by atoms with Gasteiger partial charge >= 0.3 is 0 Å². The molecule has 2 aromatic rings. The molecule has 5 heteroatoms. The number of rotatable bonds is 2. The molecule has 0 radical (unpaired) electrons. The number of halogens is 1. The molecule has 0 atom stereocenters. The summed E-state index contributed by atoms with van der Waals surface area (Å²) >= 11 is 6.19. The van der Waals surface area contributed by atoms with Crippen LogP contribution in [0, 0.1) is 0 Å². The molecule has 1 aliphatic rings. The van der Waals surface area contributed by atoms with E-state index in [1.54, 1.807) is 0 Å². The number of hydrogen-bond donors (Lipinski definition) is 0. The first kappa shape index (κ1) is 11.0. The zero-order valence-corrected chi connectivity index (χ0v) is 10.4. The van der Waals surface area contributed by atoms with Crippen molar-refractivity contribution in [2.24, 2.45) is 0 Å². The van der Waals surface area contributed by atoms with Gasteiger partial charge in [0, 0.05) is 0 Å². The third-order valence-corrected chi connectivity index (χ3v) is 3.56. The van der Waals surface area contributed by atoms with E-state index in [0.717, 1.165) is 31.1 Å². The number of pyridine rings is 1. The number of aromatic nitrogens is 3. The van der Waals surface area contributed by atoms with E-state index >= 15 is 0 Å². The monoisotopic (exact) mass is 250 g/mol. The van der Waals surface area contributed by atoms with Crippen molar-refractivity contribution in [1.29, 1.82) is 0 Å². The Labute approximate surface area is 105 Å². The van der Waals surface area contributed by atoms with Gasteiger partial charge in [-0.3, -0.25) is 9.30 Å². The highest BCUT2D eigenvalue weighted by Gasteiger charge is 2.15. The first-order valence-corrected chi connectivity index (χ1v) is 6.43. The Morgan fingerprint density at radius 3 is 2.76 bits per heavy atom. The molecule has 0 spiro atoms. The Hall–Kier alpha value is -1.13. The molecule has 2 aromatic heterocycles. The number of hydrogen-bond acceptors (Lipinski definition) is 3. The lowest BCUT2D eigenvalue weighted by Crippen LogP contribution is -2.29. The van der Waals surface area contributed by atoms with Crippen LogP contribution in [0.25, 0.3) is 5.65 Å². The summed E-state index contributed by atoms with van der Waals surface area (Å²) < 4.78 is 1.93. The van der Waals surface area contributed by atoms with Gasteiger partial charge in [0.1, 0.15) is 5.15 Å². The average molecular weight is 251 g/mol. The van der Waals surface area contributed by atoms with Crippen molar-refractivity contribution in [3.63, 3.8) is 0 Å². The lowest BCUT2D eigenvalue weighted by molar-refractivity contribution is 0.215. The van der Waals surface area contributed by atoms with Crippen LogP contribution in [-0.4, -0.2) is 32.6 Å². The van der Waals surface area contributed by atoms with Crippen molar-refractivity contribution < 1.29 is 0 Å². The molecule has 0 N–H and O–H groups in total. The van der Waals surface area contributed by atoms with Crippen LogP contribution in [0.5, 0.6) is 0 Å². The predicted molar refractivity (Wildman–Crippen MR) is 67.1 cm³/mol. The van der Waals surface area contributed by atoms with E-state index in [4.69, 9.17) is 11.6 Å². The quantitative estimate of drug-likeness (QED) is 0.768. The number of likely N-dealkylation sites (tertiary alicyclic amines) is 1. The molecule has 90 valence electrons. The summed E-state index contributed by atoms with van der Waals surface area (Å²) in [6.07, 6.45) is 3.91. The molecule has 1 fully saturated rings. The zero-order chi connectivity index (χ0) is 11.7. The molecule has 0 unspecified atom stereocenters. The van der Waals surface area contributed by atoms with E-state index in [1.807, 2.05) is 22.6 Å². The smallest absolute Gasteiger partial charge is 0.161 e. The fourth-order valence-corrected chi connectivity index (χ4v) is 2.64. The maximum atomic E-state index is 6.19. The standard InChI is InChI=1S/C12H15ClN4/c13-10-5-4-6-11-14-15-12(17(10)11)9-16-7-2-1-3-8-16/h4-6H,1-3,7-9H2. The van der Waals surface area contributed by atoms with Crippen molar-refractivity contribution in [3.8, 4) is 0 Å². The fourth-order valence-electron chi connectivity index (χ4n) is 2.38. The minimum atomic E-state index is 0.680. The molecule has 3 rings (SSSR count). The maximum Gasteiger partial charge on any atom is 0.161 e. The first-order chi connectivity index (χ1) is 8.34. The van der Waals surface area contributed by atoms with E-state index < -0.39 is 0 Å². The van der Waals surface area contributed by atoms with Crippen LogP contribution < -0.4 is 0 Å². The molecular weight excluding hydrogens is 236 g/mol. The topological polar surface area (TPSA) is 33.4 Å². The van der Waals surface area contributed by atoms with Gasteiger partial charge < -0.3 is 0 Å². The van der Waals surface area contributed by atoms with Gasteiger partial charge in [0.15, 0.2) is 11.5 Å². The highest BCUT2D eigenvalue weighted by molar-refractivity contribution is 6.29. The molecule has 17 heavy (non-hydrogen) atoms. The second-order valence-corrected chi connectivity index (χ2v) is 4.88. The van der Waals surface area contributed by atoms with Gasteiger partial charge in [0.05, 0.1) is 6.54 Å². The van der Waals surface area contributed by atoms with Crippen LogP contribution >= 0.6 is 11.6 Å². The molecule has 0 amide bonds. The van der Waals surface area contributed by atoms with Crippen molar-refractivity contribution in [3.05, 3.63) is 29.2 Å². The number of fused-ring (bicyclic) bond motifs is 1. The molecule has 3 heterocycles. The molecule has 1 saturated heterocycles. The van der Waals surface area contributed by atoms with E-state index in [0.29, 0.717) is 5.15 Å². The number of nitrogens with zero attached hydrogens (tertiary/aromatic N) is 4. The van der Waals surface area contributed by atoms with E-state index in [1.165, 1.54) is 19.3 Å². The van der Waals surface area contributed by atoms with Crippen LogP contribution in [0.15, 0.2) is 18.2 Å². The van der Waals surface area contributed by atoms with Gasteiger partial charge in [-0.15, -0.1) is 10.2 Å². The molecular formula is C12H15ClN4. The molecule has 0 saturated carbocycles. The van der Waals surface area contributed by atoms with Gasteiger partial charge in [-0.1, -0.05) is 24.1 Å². The normalized spacial score (nSPS) is 17.7. The third-order valence-electron chi connectivity index (χ3n) is 3.26. The zero-order valence-electron chi connectivity index (χ0n) is 9.64. The summed E-state index contributed by atoms with van der Waals surface area (Å²) in [4.78, 5) is 2.42. The fraction of sp³-hybridized carbons (Fsp3) is 0.500. The van der Waals surface area contributed by atoms with Crippen LogP contribution in [0.1, 0.15) is 25.1 Å². The molecule has 0 aromatic carbocycles. The summed E-state index contributed by atoms with van der Waals surface area (Å²) in [7, 11) is 0. The Bertz CT molecular complexity index is 516. The average Bonchev–Trinajstić information content (AvgIpc) is 2.75. The van der Waals surface area contributed by atoms with Gasteiger partial charge in [-0.25, -0.2) is 0 Å². The van der Waals surface area contributed by atoms with E-state index in [2.05, 4.69) is 15.1 Å². The van der Waals surface area contributed by atoms with Gasteiger partial charge in [-0.2, -0.15) is 0 Å². The van der Waals surface area contributed by atoms with Gasteiger partial charge in [-0.05, 0) is 38.1 Å². The molecule has 1 aliphatic heterocycles. The summed E-state index contributed by atoms with van der Waals surface area (Å²) in [5.74, 6) is 0.938. The summed E-state index contributed by atoms with van der Waals surface area (Å²) in [6, 6.07) is 5.70. The third kappa shape index (κ3) is 2.15. The minimum absolute atomic E-state index is 0.680. The lowest BCUT2D eigenvalue weighted by atomic mass is 10.1. The Morgan fingerprint density at radius 1 is 1.12 bits per heavy atom. The maximum absolute atomic E-state index is 6.19. The Kier molecular flexibility index (Phi) is 2.99. The number of piperidine rings is 1. The van der Waals surface area contributed by atoms with Crippen molar-refractivity contribution in [2.45, 2.75) is 25.8 Å². The van der Waals surface area contributed by atoms with E-state index in [9.17, 15) is 0 Å². The Morgan fingerprint density at radius 2 is 1.94 bits per heavy atom. The highest BCUT2D eigenvalue weighted by Crippen LogP contribution is 2.16. The van der Waals surface area contributed by atoms with Crippen molar-refractivity contribution in [1.82, 2.24) is 19.5 Å². The van der Waals surface area contributed by atoms with Crippen LogP contribution in [-0.2, 0) is 6.54 Å². The van der Waals surface area contributed by atoms with Gasteiger partial charge in [0.25, 0.3) is 0 Å². The molecule has 0 bridgehead atoms. The van der Waals surface area contributed by atoms with Crippen LogP contribution in [0.3, 0.4) is 0 Å². The van der Waals surface area contributed by atoms with E-state index in [-0.39, 0.29) is 0 Å². The SMILES string of the molecule is Clc1cccc2nnc(CN3CCCCC3)n12. The molecule has 0 aliphatic carbocycles. The van der Waals surface area contributed by atoms with Crippen LogP contribution in [0.4, 0.5) is 0 Å².